The highest BCUT2D eigenvalue weighted by atomic mass is 32.2. The molecule has 88 valence electrons. The van der Waals surface area contributed by atoms with Crippen LogP contribution in [0.1, 0.15) is 23.1 Å². The first-order valence-electron chi connectivity index (χ1n) is 6.06. The number of nitrogens with zero attached hydrogens (tertiary/aromatic N) is 1. The number of aromatic nitrogens is 1. The Kier molecular flexibility index (Phi) is 3.04. The van der Waals surface area contributed by atoms with Gasteiger partial charge in [0.1, 0.15) is 0 Å². The van der Waals surface area contributed by atoms with Crippen molar-refractivity contribution in [2.45, 2.75) is 18.7 Å². The van der Waals surface area contributed by atoms with Crippen molar-refractivity contribution in [3.05, 3.63) is 41.6 Å². The quantitative estimate of drug-likeness (QED) is 0.833. The third kappa shape index (κ3) is 2.17. The van der Waals surface area contributed by atoms with E-state index in [4.69, 9.17) is 0 Å². The van der Waals surface area contributed by atoms with Crippen LogP contribution >= 0.6 is 11.8 Å². The van der Waals surface area contributed by atoms with Crippen LogP contribution in [-0.4, -0.2) is 17.3 Å². The first-order chi connectivity index (χ1) is 8.34. The van der Waals surface area contributed by atoms with Gasteiger partial charge < -0.3 is 5.32 Å². The molecule has 2 aromatic rings. The summed E-state index contributed by atoms with van der Waals surface area (Å²) in [7, 11) is 0. The van der Waals surface area contributed by atoms with E-state index in [2.05, 4.69) is 47.6 Å². The van der Waals surface area contributed by atoms with E-state index >= 15 is 0 Å². The molecule has 1 aromatic carbocycles. The van der Waals surface area contributed by atoms with Crippen molar-refractivity contribution in [2.75, 3.05) is 12.3 Å². The Morgan fingerprint density at radius 3 is 3.06 bits per heavy atom. The molecule has 1 saturated heterocycles. The van der Waals surface area contributed by atoms with Gasteiger partial charge in [-0.05, 0) is 43.3 Å². The highest BCUT2D eigenvalue weighted by Gasteiger charge is 2.18. The summed E-state index contributed by atoms with van der Waals surface area (Å²) in [5.74, 6) is 1.24. The minimum atomic E-state index is 0.426. The maximum absolute atomic E-state index is 4.59. The van der Waals surface area contributed by atoms with Gasteiger partial charge in [-0.15, -0.1) is 11.8 Å². The monoisotopic (exact) mass is 244 g/mol. The molecular formula is C14H16N2S. The molecule has 17 heavy (non-hydrogen) atoms. The van der Waals surface area contributed by atoms with Crippen molar-refractivity contribution < 1.29 is 0 Å². The van der Waals surface area contributed by atoms with Crippen LogP contribution in [0.2, 0.25) is 0 Å². The number of nitrogens with one attached hydrogen (secondary N) is 1. The smallest absolute Gasteiger partial charge is 0.0796 e. The van der Waals surface area contributed by atoms with E-state index in [9.17, 15) is 0 Å². The van der Waals surface area contributed by atoms with E-state index < -0.39 is 0 Å². The SMILES string of the molecule is Cc1cc(C2NCCCS2)c2ccccc2n1. The van der Waals surface area contributed by atoms with E-state index in [1.807, 2.05) is 11.8 Å². The van der Waals surface area contributed by atoms with E-state index in [-0.39, 0.29) is 0 Å². The minimum Gasteiger partial charge on any atom is -0.302 e. The summed E-state index contributed by atoms with van der Waals surface area (Å²) in [6, 6.07) is 10.6. The fourth-order valence-corrected chi connectivity index (χ4v) is 3.48. The summed E-state index contributed by atoms with van der Waals surface area (Å²) >= 11 is 2.00. The Bertz CT molecular complexity index is 533. The lowest BCUT2D eigenvalue weighted by atomic mass is 10.1. The molecule has 1 aliphatic rings. The van der Waals surface area contributed by atoms with Gasteiger partial charge in [0.2, 0.25) is 0 Å². The van der Waals surface area contributed by atoms with Crippen LogP contribution in [0.15, 0.2) is 30.3 Å². The molecule has 0 spiro atoms. The normalized spacial score (nSPS) is 20.6. The molecule has 0 amide bonds. The van der Waals surface area contributed by atoms with E-state index in [1.165, 1.54) is 23.1 Å². The van der Waals surface area contributed by atoms with E-state index in [1.54, 1.807) is 0 Å². The van der Waals surface area contributed by atoms with Gasteiger partial charge in [0, 0.05) is 11.1 Å². The summed E-state index contributed by atoms with van der Waals surface area (Å²) in [5.41, 5.74) is 3.60. The van der Waals surface area contributed by atoms with Crippen LogP contribution in [0.5, 0.6) is 0 Å². The molecule has 1 unspecified atom stereocenters. The lowest BCUT2D eigenvalue weighted by Crippen LogP contribution is -2.25. The van der Waals surface area contributed by atoms with Gasteiger partial charge in [-0.2, -0.15) is 0 Å². The van der Waals surface area contributed by atoms with Crippen molar-refractivity contribution in [3.8, 4) is 0 Å². The Balaban J connectivity index is 2.13. The summed E-state index contributed by atoms with van der Waals surface area (Å²) in [4.78, 5) is 4.59. The number of thioether (sulfide) groups is 1. The lowest BCUT2D eigenvalue weighted by molar-refractivity contribution is 0.645. The fourth-order valence-electron chi connectivity index (χ4n) is 2.32. The highest BCUT2D eigenvalue weighted by Crippen LogP contribution is 2.33. The molecule has 0 aliphatic carbocycles. The Hall–Kier alpha value is -1.06. The second-order valence-electron chi connectivity index (χ2n) is 4.43. The molecule has 1 N–H and O–H groups in total. The Labute approximate surface area is 106 Å². The summed E-state index contributed by atoms with van der Waals surface area (Å²) in [6.07, 6.45) is 1.27. The number of hydrogen-bond acceptors (Lipinski definition) is 3. The van der Waals surface area contributed by atoms with Crippen LogP contribution in [0.4, 0.5) is 0 Å². The minimum absolute atomic E-state index is 0.426. The predicted molar refractivity (Wildman–Crippen MR) is 74.3 cm³/mol. The second kappa shape index (κ2) is 4.67. The number of benzene rings is 1. The molecule has 0 radical (unpaired) electrons. The number of pyridine rings is 1. The third-order valence-electron chi connectivity index (χ3n) is 3.09. The van der Waals surface area contributed by atoms with Crippen LogP contribution in [0.25, 0.3) is 10.9 Å². The average molecular weight is 244 g/mol. The number of hydrogen-bond donors (Lipinski definition) is 1. The van der Waals surface area contributed by atoms with Crippen LogP contribution in [0, 0.1) is 6.92 Å². The Morgan fingerprint density at radius 1 is 1.35 bits per heavy atom. The lowest BCUT2D eigenvalue weighted by Gasteiger charge is -2.24. The largest absolute Gasteiger partial charge is 0.302 e. The molecule has 2 heterocycles. The molecule has 2 nitrogen and oxygen atoms in total. The number of fused-ring (bicyclic) bond motifs is 1. The zero-order valence-corrected chi connectivity index (χ0v) is 10.8. The standard InChI is InChI=1S/C14H16N2S/c1-10-9-12(14-15-7-4-8-17-14)11-5-2-3-6-13(11)16-10/h2-3,5-6,9,14-15H,4,7-8H2,1H3. The Morgan fingerprint density at radius 2 is 2.24 bits per heavy atom. The number of aryl methyl sites for hydroxylation is 1. The molecule has 1 aromatic heterocycles. The van der Waals surface area contributed by atoms with Gasteiger partial charge in [-0.25, -0.2) is 0 Å². The van der Waals surface area contributed by atoms with Crippen molar-refractivity contribution in [1.29, 1.82) is 0 Å². The van der Waals surface area contributed by atoms with Crippen LogP contribution in [-0.2, 0) is 0 Å². The van der Waals surface area contributed by atoms with Gasteiger partial charge in [-0.3, -0.25) is 4.98 Å². The molecule has 1 atom stereocenters. The van der Waals surface area contributed by atoms with Crippen molar-refractivity contribution in [1.82, 2.24) is 10.3 Å². The van der Waals surface area contributed by atoms with Gasteiger partial charge in [0.25, 0.3) is 0 Å². The molecule has 1 aliphatic heterocycles. The summed E-state index contributed by atoms with van der Waals surface area (Å²) < 4.78 is 0. The molecular weight excluding hydrogens is 228 g/mol. The molecule has 1 fully saturated rings. The van der Waals surface area contributed by atoms with Crippen molar-refractivity contribution in [3.63, 3.8) is 0 Å². The summed E-state index contributed by atoms with van der Waals surface area (Å²) in [6.45, 7) is 3.19. The van der Waals surface area contributed by atoms with Gasteiger partial charge >= 0.3 is 0 Å². The third-order valence-corrected chi connectivity index (χ3v) is 4.37. The van der Waals surface area contributed by atoms with Gasteiger partial charge in [0.15, 0.2) is 0 Å². The van der Waals surface area contributed by atoms with Crippen molar-refractivity contribution in [2.24, 2.45) is 0 Å². The molecule has 3 rings (SSSR count). The molecule has 3 heteroatoms. The van der Waals surface area contributed by atoms with Gasteiger partial charge in [-0.1, -0.05) is 18.2 Å². The van der Waals surface area contributed by atoms with Crippen LogP contribution < -0.4 is 5.32 Å². The number of rotatable bonds is 1. The van der Waals surface area contributed by atoms with E-state index in [0.29, 0.717) is 5.37 Å². The maximum Gasteiger partial charge on any atom is 0.0796 e. The molecule has 0 bridgehead atoms. The summed E-state index contributed by atoms with van der Waals surface area (Å²) in [5, 5.41) is 5.30. The second-order valence-corrected chi connectivity index (χ2v) is 5.64. The topological polar surface area (TPSA) is 24.9 Å². The zero-order chi connectivity index (χ0) is 11.7. The first kappa shape index (κ1) is 11.1. The van der Waals surface area contributed by atoms with Crippen molar-refractivity contribution >= 4 is 22.7 Å². The highest BCUT2D eigenvalue weighted by molar-refractivity contribution is 7.99. The predicted octanol–water partition coefficient (Wildman–Crippen LogP) is 3.27. The fraction of sp³-hybridized carbons (Fsp3) is 0.357. The van der Waals surface area contributed by atoms with Gasteiger partial charge in [0.05, 0.1) is 10.9 Å². The first-order valence-corrected chi connectivity index (χ1v) is 7.11. The average Bonchev–Trinajstić information content (AvgIpc) is 2.39. The van der Waals surface area contributed by atoms with Crippen LogP contribution in [0.3, 0.4) is 0 Å². The number of para-hydroxylation sites is 1. The maximum atomic E-state index is 4.59. The molecule has 0 saturated carbocycles. The zero-order valence-electron chi connectivity index (χ0n) is 9.94. The van der Waals surface area contributed by atoms with E-state index in [0.717, 1.165) is 17.8 Å².